The quantitative estimate of drug-likeness (QED) is 0.295. The van der Waals surface area contributed by atoms with Crippen molar-refractivity contribution in [2.24, 2.45) is 5.92 Å². The summed E-state index contributed by atoms with van der Waals surface area (Å²) in [6.07, 6.45) is -0.0345. The van der Waals surface area contributed by atoms with Crippen LogP contribution in [-0.2, 0) is 43.0 Å². The van der Waals surface area contributed by atoms with Gasteiger partial charge in [-0.15, -0.1) is 0 Å². The molecule has 0 rings (SSSR count). The molecule has 0 fully saturated rings. The molecule has 28 heavy (non-hydrogen) atoms. The Morgan fingerprint density at radius 2 is 0.750 bits per heavy atom. The monoisotopic (exact) mass is 400 g/mol. The number of hydrogen-bond acceptors (Lipinski definition) is 9. The zero-order valence-electron chi connectivity index (χ0n) is 16.6. The first kappa shape index (κ1) is 25.4. The second-order valence-electron chi connectivity index (χ2n) is 6.52. The van der Waals surface area contributed by atoms with Gasteiger partial charge in [0.1, 0.15) is 37.2 Å². The van der Waals surface area contributed by atoms with E-state index in [0.717, 1.165) is 0 Å². The minimum atomic E-state index is -0.608. The van der Waals surface area contributed by atoms with Gasteiger partial charge in [0.05, 0.1) is 25.2 Å². The van der Waals surface area contributed by atoms with Gasteiger partial charge in [-0.25, -0.2) is 0 Å². The highest BCUT2D eigenvalue weighted by molar-refractivity contribution is 5.82. The van der Waals surface area contributed by atoms with Crippen LogP contribution >= 0.6 is 0 Å². The molecule has 0 aromatic rings. The molecule has 158 valence electrons. The second-order valence-corrected chi connectivity index (χ2v) is 6.52. The Bertz CT molecular complexity index is 499. The van der Waals surface area contributed by atoms with Crippen LogP contribution in [0.4, 0.5) is 0 Å². The molecule has 0 heterocycles. The first-order valence-corrected chi connectivity index (χ1v) is 9.05. The Balaban J connectivity index is 4.50. The van der Waals surface area contributed by atoms with E-state index in [-0.39, 0.29) is 75.7 Å². The molecule has 0 saturated heterocycles. The summed E-state index contributed by atoms with van der Waals surface area (Å²) in [4.78, 5) is 67.5. The van der Waals surface area contributed by atoms with E-state index in [4.69, 9.17) is 14.2 Å². The summed E-state index contributed by atoms with van der Waals surface area (Å²) in [6.45, 7) is 3.56. The first-order chi connectivity index (χ1) is 13.1. The molecule has 0 aliphatic carbocycles. The van der Waals surface area contributed by atoms with Gasteiger partial charge in [0, 0.05) is 19.3 Å². The number of carbonyl (C=O) groups is 6. The van der Waals surface area contributed by atoms with Gasteiger partial charge in [-0.05, 0) is 20.8 Å². The molecule has 0 aromatic heterocycles. The molecule has 0 radical (unpaired) electrons. The summed E-state index contributed by atoms with van der Waals surface area (Å²) >= 11 is 0. The zero-order valence-corrected chi connectivity index (χ0v) is 16.6. The molecule has 9 nitrogen and oxygen atoms in total. The smallest absolute Gasteiger partial charge is 0.306 e. The number of hydrogen-bond donors (Lipinski definition) is 0. The van der Waals surface area contributed by atoms with E-state index >= 15 is 0 Å². The van der Waals surface area contributed by atoms with Crippen LogP contribution in [0.3, 0.4) is 0 Å². The summed E-state index contributed by atoms with van der Waals surface area (Å²) in [5.74, 6) is -2.82. The number of ketones is 3. The predicted molar refractivity (Wildman–Crippen MR) is 96.1 cm³/mol. The molecule has 0 amide bonds. The van der Waals surface area contributed by atoms with Gasteiger partial charge in [0.15, 0.2) is 0 Å². The third-order valence-corrected chi connectivity index (χ3v) is 3.48. The molecule has 0 N–H and O–H groups in total. The molecule has 0 aliphatic heterocycles. The Labute approximate surface area is 164 Å². The number of ether oxygens (including phenoxy) is 3. The van der Waals surface area contributed by atoms with E-state index < -0.39 is 23.8 Å². The molecule has 0 atom stereocenters. The van der Waals surface area contributed by atoms with Crippen molar-refractivity contribution < 1.29 is 43.0 Å². The van der Waals surface area contributed by atoms with Crippen molar-refractivity contribution in [3.05, 3.63) is 0 Å². The van der Waals surface area contributed by atoms with Crippen molar-refractivity contribution >= 4 is 35.3 Å². The minimum Gasteiger partial charge on any atom is -0.465 e. The maximum atomic E-state index is 11.6. The molecule has 0 saturated carbocycles. The van der Waals surface area contributed by atoms with Gasteiger partial charge in [0.2, 0.25) is 0 Å². The molecule has 0 aromatic carbocycles. The average Bonchev–Trinajstić information content (AvgIpc) is 2.62. The van der Waals surface area contributed by atoms with Gasteiger partial charge in [-0.3, -0.25) is 14.4 Å². The van der Waals surface area contributed by atoms with Crippen LogP contribution in [0.2, 0.25) is 0 Å². The molecular weight excluding hydrogens is 372 g/mol. The molecule has 0 spiro atoms. The van der Waals surface area contributed by atoms with E-state index in [0.29, 0.717) is 0 Å². The number of carbonyl (C=O) groups excluding carboxylic acids is 6. The normalized spacial score (nSPS) is 10.3. The molecule has 9 heteroatoms. The maximum absolute atomic E-state index is 11.6. The predicted octanol–water partition coefficient (Wildman–Crippen LogP) is 1.34. The van der Waals surface area contributed by atoms with Crippen molar-refractivity contribution in [2.45, 2.75) is 59.3 Å². The maximum Gasteiger partial charge on any atom is 0.306 e. The SMILES string of the molecule is CC(=O)CCC(=O)OCC(COC(=O)CCC(C)=O)COC(=O)CCC(C)=O. The lowest BCUT2D eigenvalue weighted by atomic mass is 10.2. The largest absolute Gasteiger partial charge is 0.465 e. The van der Waals surface area contributed by atoms with Crippen LogP contribution < -0.4 is 0 Å². The minimum absolute atomic E-state index is 0.0591. The number of Topliss-reactive ketones (excluding diaryl/α,β-unsaturated/α-hetero) is 3. The van der Waals surface area contributed by atoms with Crippen LogP contribution in [0.15, 0.2) is 0 Å². The summed E-state index contributed by atoms with van der Waals surface area (Å²) in [5.41, 5.74) is 0. The Kier molecular flexibility index (Phi) is 13.1. The van der Waals surface area contributed by atoms with Crippen LogP contribution in [0.25, 0.3) is 0 Å². The molecular formula is C19H28O9. The van der Waals surface area contributed by atoms with Gasteiger partial charge < -0.3 is 28.6 Å². The molecule has 0 aliphatic rings. The lowest BCUT2D eigenvalue weighted by Gasteiger charge is -2.17. The zero-order chi connectivity index (χ0) is 21.5. The van der Waals surface area contributed by atoms with Crippen molar-refractivity contribution in [3.63, 3.8) is 0 Å². The fraction of sp³-hybridized carbons (Fsp3) is 0.684. The summed E-state index contributed by atoms with van der Waals surface area (Å²) in [7, 11) is 0. The lowest BCUT2D eigenvalue weighted by Crippen LogP contribution is -2.26. The number of esters is 3. The van der Waals surface area contributed by atoms with E-state index in [1.165, 1.54) is 20.8 Å². The highest BCUT2D eigenvalue weighted by Crippen LogP contribution is 2.06. The van der Waals surface area contributed by atoms with Crippen molar-refractivity contribution in [2.75, 3.05) is 19.8 Å². The van der Waals surface area contributed by atoms with E-state index in [2.05, 4.69) is 0 Å². The standard InChI is InChI=1S/C19H28O9/c1-13(20)4-7-17(23)26-10-16(11-27-18(24)8-5-14(2)21)12-28-19(25)9-6-15(3)22/h16H,4-12H2,1-3H3. The topological polar surface area (TPSA) is 130 Å². The van der Waals surface area contributed by atoms with E-state index in [1.807, 2.05) is 0 Å². The van der Waals surface area contributed by atoms with Crippen LogP contribution in [0.1, 0.15) is 59.3 Å². The Hall–Kier alpha value is -2.58. The lowest BCUT2D eigenvalue weighted by molar-refractivity contribution is -0.154. The van der Waals surface area contributed by atoms with Crippen LogP contribution in [0, 0.1) is 5.92 Å². The fourth-order valence-electron chi connectivity index (χ4n) is 1.83. The molecule has 0 unspecified atom stereocenters. The Morgan fingerprint density at radius 1 is 0.500 bits per heavy atom. The first-order valence-electron chi connectivity index (χ1n) is 9.05. The van der Waals surface area contributed by atoms with Gasteiger partial charge in [-0.2, -0.15) is 0 Å². The van der Waals surface area contributed by atoms with Crippen molar-refractivity contribution in [1.82, 2.24) is 0 Å². The van der Waals surface area contributed by atoms with Crippen molar-refractivity contribution in [1.29, 1.82) is 0 Å². The summed E-state index contributed by atoms with van der Waals surface area (Å²) < 4.78 is 15.1. The van der Waals surface area contributed by atoms with Gasteiger partial charge in [-0.1, -0.05) is 0 Å². The number of rotatable bonds is 15. The highest BCUT2D eigenvalue weighted by Gasteiger charge is 2.18. The van der Waals surface area contributed by atoms with E-state index in [9.17, 15) is 28.8 Å². The third kappa shape index (κ3) is 15.7. The summed E-state index contributed by atoms with van der Waals surface area (Å²) in [5, 5.41) is 0. The van der Waals surface area contributed by atoms with Crippen molar-refractivity contribution in [3.8, 4) is 0 Å². The Morgan fingerprint density at radius 3 is 0.964 bits per heavy atom. The van der Waals surface area contributed by atoms with Crippen LogP contribution in [-0.4, -0.2) is 55.1 Å². The van der Waals surface area contributed by atoms with Gasteiger partial charge in [0.25, 0.3) is 0 Å². The fourth-order valence-corrected chi connectivity index (χ4v) is 1.83. The second kappa shape index (κ2) is 14.5. The van der Waals surface area contributed by atoms with Crippen LogP contribution in [0.5, 0.6) is 0 Å². The average molecular weight is 400 g/mol. The third-order valence-electron chi connectivity index (χ3n) is 3.48. The molecule has 0 bridgehead atoms. The van der Waals surface area contributed by atoms with E-state index in [1.54, 1.807) is 0 Å². The highest BCUT2D eigenvalue weighted by atomic mass is 16.6. The van der Waals surface area contributed by atoms with Gasteiger partial charge >= 0.3 is 17.9 Å². The summed E-state index contributed by atoms with van der Waals surface area (Å²) in [6, 6.07) is 0.